The molecular weight excluding hydrogens is 206 g/mol. The van der Waals surface area contributed by atoms with Crippen LogP contribution in [0.3, 0.4) is 0 Å². The summed E-state index contributed by atoms with van der Waals surface area (Å²) in [5, 5.41) is 0. The predicted molar refractivity (Wildman–Crippen MR) is 75.6 cm³/mol. The zero-order valence-corrected chi connectivity index (χ0v) is 12.0. The van der Waals surface area contributed by atoms with Crippen LogP contribution in [0.2, 0.25) is 0 Å². The minimum Gasteiger partial charge on any atom is -0.293 e. The Kier molecular flexibility index (Phi) is 2.80. The molecule has 0 aromatic rings. The van der Waals surface area contributed by atoms with E-state index in [0.29, 0.717) is 5.92 Å². The molecule has 0 saturated heterocycles. The third-order valence-corrected chi connectivity index (χ3v) is 6.21. The average molecular weight is 233 g/mol. The number of aliphatic imine (C=N–C) groups is 1. The Morgan fingerprint density at radius 2 is 1.82 bits per heavy atom. The van der Waals surface area contributed by atoms with Gasteiger partial charge >= 0.3 is 0 Å². The van der Waals surface area contributed by atoms with Gasteiger partial charge in [-0.15, -0.1) is 0 Å². The fourth-order valence-corrected chi connectivity index (χ4v) is 4.76. The molecule has 3 atom stereocenters. The van der Waals surface area contributed by atoms with Crippen molar-refractivity contribution in [2.45, 2.75) is 65.3 Å². The molecule has 2 fully saturated rings. The Hall–Kier alpha value is -0.590. The van der Waals surface area contributed by atoms with Crippen LogP contribution in [0.25, 0.3) is 0 Å². The number of hydrogen-bond acceptors (Lipinski definition) is 1. The zero-order chi connectivity index (χ0) is 12.9. The number of nitrogens with zero attached hydrogens (tertiary/aromatic N) is 1. The molecule has 0 aromatic heterocycles. The minimum atomic E-state index is 0.0544. The summed E-state index contributed by atoms with van der Waals surface area (Å²) in [6.07, 6.45) is 6.14. The van der Waals surface area contributed by atoms with E-state index in [1.165, 1.54) is 24.8 Å². The second kappa shape index (κ2) is 3.70. The van der Waals surface area contributed by atoms with Crippen molar-refractivity contribution in [3.63, 3.8) is 0 Å². The molecule has 1 nitrogen and oxygen atoms in total. The van der Waals surface area contributed by atoms with Gasteiger partial charge in [-0.3, -0.25) is 4.99 Å². The molecule has 2 aliphatic rings. The smallest absolute Gasteiger partial charge is 0.0713 e. The molecule has 17 heavy (non-hydrogen) atoms. The van der Waals surface area contributed by atoms with E-state index in [0.717, 1.165) is 12.8 Å². The van der Waals surface area contributed by atoms with Crippen LogP contribution in [0, 0.1) is 16.7 Å². The fourth-order valence-electron chi connectivity index (χ4n) is 4.76. The van der Waals surface area contributed by atoms with Gasteiger partial charge in [-0.25, -0.2) is 0 Å². The maximum Gasteiger partial charge on any atom is 0.0713 e. The SMILES string of the molecule is C=N[C@@]12CCC(=C)[C@H](C)[C@@]1(C)CCCC2(C)C. The average Bonchev–Trinajstić information content (AvgIpc) is 2.25. The third-order valence-electron chi connectivity index (χ3n) is 6.21. The second-order valence-electron chi connectivity index (χ2n) is 7.05. The number of hydrogen-bond donors (Lipinski definition) is 0. The van der Waals surface area contributed by atoms with Crippen molar-refractivity contribution in [2.24, 2.45) is 21.7 Å². The minimum absolute atomic E-state index is 0.0544. The molecule has 1 heteroatoms. The lowest BCUT2D eigenvalue weighted by Crippen LogP contribution is -2.62. The highest BCUT2D eigenvalue weighted by molar-refractivity contribution is 5.33. The number of allylic oxidation sites excluding steroid dienone is 1. The Balaban J connectivity index is 2.55. The molecule has 0 radical (unpaired) electrons. The van der Waals surface area contributed by atoms with E-state index < -0.39 is 0 Å². The zero-order valence-electron chi connectivity index (χ0n) is 12.0. The van der Waals surface area contributed by atoms with Gasteiger partial charge < -0.3 is 0 Å². The summed E-state index contributed by atoms with van der Waals surface area (Å²) >= 11 is 0. The highest BCUT2D eigenvalue weighted by atomic mass is 14.9. The summed E-state index contributed by atoms with van der Waals surface area (Å²) in [5.41, 5.74) is 2.01. The first kappa shape index (κ1) is 12.9. The van der Waals surface area contributed by atoms with Crippen molar-refractivity contribution in [3.05, 3.63) is 12.2 Å². The largest absolute Gasteiger partial charge is 0.293 e. The first-order chi connectivity index (χ1) is 7.81. The van der Waals surface area contributed by atoms with Gasteiger partial charge in [0.05, 0.1) is 5.54 Å². The summed E-state index contributed by atoms with van der Waals surface area (Å²) in [7, 11) is 0. The van der Waals surface area contributed by atoms with Gasteiger partial charge in [0.2, 0.25) is 0 Å². The lowest BCUT2D eigenvalue weighted by atomic mass is 9.43. The van der Waals surface area contributed by atoms with Gasteiger partial charge in [0.15, 0.2) is 0 Å². The Morgan fingerprint density at radius 3 is 2.41 bits per heavy atom. The van der Waals surface area contributed by atoms with Gasteiger partial charge in [0.25, 0.3) is 0 Å². The second-order valence-corrected chi connectivity index (χ2v) is 7.05. The van der Waals surface area contributed by atoms with Crippen LogP contribution in [0.15, 0.2) is 17.1 Å². The van der Waals surface area contributed by atoms with E-state index >= 15 is 0 Å². The van der Waals surface area contributed by atoms with Crippen LogP contribution in [-0.2, 0) is 0 Å². The maximum absolute atomic E-state index is 4.72. The van der Waals surface area contributed by atoms with Crippen molar-refractivity contribution >= 4 is 6.72 Å². The predicted octanol–water partition coefficient (Wildman–Crippen LogP) is 4.63. The summed E-state index contributed by atoms with van der Waals surface area (Å²) in [6.45, 7) is 17.8. The topological polar surface area (TPSA) is 12.4 Å². The lowest BCUT2D eigenvalue weighted by molar-refractivity contribution is -0.0708. The van der Waals surface area contributed by atoms with Gasteiger partial charge in [-0.05, 0) is 49.1 Å². The van der Waals surface area contributed by atoms with E-state index in [1.54, 1.807) is 0 Å². The lowest BCUT2D eigenvalue weighted by Gasteiger charge is -2.63. The molecule has 96 valence electrons. The van der Waals surface area contributed by atoms with E-state index in [2.05, 4.69) is 41.0 Å². The van der Waals surface area contributed by atoms with E-state index in [-0.39, 0.29) is 16.4 Å². The monoisotopic (exact) mass is 233 g/mol. The van der Waals surface area contributed by atoms with Crippen molar-refractivity contribution in [2.75, 3.05) is 0 Å². The normalized spacial score (nSPS) is 45.2. The van der Waals surface area contributed by atoms with Crippen molar-refractivity contribution in [1.29, 1.82) is 0 Å². The molecule has 0 aliphatic heterocycles. The van der Waals surface area contributed by atoms with Gasteiger partial charge in [-0.1, -0.05) is 46.3 Å². The molecule has 0 amide bonds. The molecule has 2 rings (SSSR count). The summed E-state index contributed by atoms with van der Waals surface area (Å²) < 4.78 is 0. The highest BCUT2D eigenvalue weighted by Crippen LogP contribution is 2.64. The summed E-state index contributed by atoms with van der Waals surface area (Å²) in [4.78, 5) is 4.72. The van der Waals surface area contributed by atoms with Crippen LogP contribution in [0.5, 0.6) is 0 Å². The molecular formula is C16H27N. The standard InChI is InChI=1S/C16H27N/c1-12-8-11-16(17-6)14(3,4)9-7-10-15(16,5)13(12)2/h13H,1,6-11H2,2-5H3/t13-,15+,16+/m0/s1. The molecule has 2 saturated carbocycles. The molecule has 2 aliphatic carbocycles. The summed E-state index contributed by atoms with van der Waals surface area (Å²) in [6, 6.07) is 0. The molecule has 0 aromatic carbocycles. The Labute approximate surface area is 106 Å². The van der Waals surface area contributed by atoms with Gasteiger partial charge in [0.1, 0.15) is 0 Å². The third kappa shape index (κ3) is 1.41. The molecule has 0 heterocycles. The van der Waals surface area contributed by atoms with Crippen LogP contribution < -0.4 is 0 Å². The van der Waals surface area contributed by atoms with Gasteiger partial charge in [-0.2, -0.15) is 0 Å². The summed E-state index contributed by atoms with van der Waals surface area (Å²) in [5.74, 6) is 0.571. The van der Waals surface area contributed by atoms with E-state index in [4.69, 9.17) is 4.99 Å². The highest BCUT2D eigenvalue weighted by Gasteiger charge is 2.62. The van der Waals surface area contributed by atoms with Crippen LogP contribution >= 0.6 is 0 Å². The maximum atomic E-state index is 4.72. The van der Waals surface area contributed by atoms with Crippen LogP contribution in [0.1, 0.15) is 59.8 Å². The van der Waals surface area contributed by atoms with Gasteiger partial charge in [0, 0.05) is 0 Å². The van der Waals surface area contributed by atoms with E-state index in [1.807, 2.05) is 0 Å². The Bertz CT molecular complexity index is 355. The van der Waals surface area contributed by atoms with Crippen molar-refractivity contribution in [3.8, 4) is 0 Å². The first-order valence-corrected chi connectivity index (χ1v) is 6.96. The molecule has 0 unspecified atom stereocenters. The quantitative estimate of drug-likeness (QED) is 0.462. The van der Waals surface area contributed by atoms with Crippen LogP contribution in [-0.4, -0.2) is 12.3 Å². The number of fused-ring (bicyclic) bond motifs is 1. The molecule has 0 bridgehead atoms. The van der Waals surface area contributed by atoms with Crippen LogP contribution in [0.4, 0.5) is 0 Å². The fraction of sp³-hybridized carbons (Fsp3) is 0.812. The van der Waals surface area contributed by atoms with E-state index in [9.17, 15) is 0 Å². The molecule has 0 N–H and O–H groups in total. The Morgan fingerprint density at radius 1 is 1.18 bits per heavy atom. The van der Waals surface area contributed by atoms with Crippen molar-refractivity contribution < 1.29 is 0 Å². The van der Waals surface area contributed by atoms with Crippen molar-refractivity contribution in [1.82, 2.24) is 0 Å². The first-order valence-electron chi connectivity index (χ1n) is 6.96. The number of rotatable bonds is 1. The molecule has 0 spiro atoms.